The van der Waals surface area contributed by atoms with Gasteiger partial charge < -0.3 is 4.90 Å². The summed E-state index contributed by atoms with van der Waals surface area (Å²) < 4.78 is 13.3. The van der Waals surface area contributed by atoms with Crippen LogP contribution < -0.4 is 0 Å². The number of nitrogens with zero attached hydrogens (tertiary/aromatic N) is 3. The van der Waals surface area contributed by atoms with Crippen molar-refractivity contribution in [3.05, 3.63) is 29.7 Å². The van der Waals surface area contributed by atoms with Gasteiger partial charge in [-0.3, -0.25) is 14.8 Å². The van der Waals surface area contributed by atoms with E-state index in [0.29, 0.717) is 16.6 Å². The van der Waals surface area contributed by atoms with Crippen LogP contribution in [0.25, 0.3) is 10.9 Å². The number of carbonyl (C=O) groups is 1. The second-order valence-electron chi connectivity index (χ2n) is 6.21. The van der Waals surface area contributed by atoms with Crippen LogP contribution in [0.1, 0.15) is 29.8 Å². The number of benzene rings is 1. The Morgan fingerprint density at radius 2 is 2.18 bits per heavy atom. The van der Waals surface area contributed by atoms with Crippen molar-refractivity contribution in [3.8, 4) is 0 Å². The number of piperazine rings is 1. The third-order valence-electron chi connectivity index (χ3n) is 4.82. The molecule has 2 atom stereocenters. The van der Waals surface area contributed by atoms with Gasteiger partial charge in [-0.1, -0.05) is 6.42 Å². The maximum atomic E-state index is 13.3. The molecule has 0 radical (unpaired) electrons. The number of fused-ring (bicyclic) bond motifs is 3. The van der Waals surface area contributed by atoms with Crippen LogP contribution in [-0.4, -0.2) is 58.1 Å². The van der Waals surface area contributed by atoms with Crippen molar-refractivity contribution in [2.75, 3.05) is 26.2 Å². The first kappa shape index (κ1) is 13.7. The van der Waals surface area contributed by atoms with E-state index in [9.17, 15) is 9.18 Å². The predicted molar refractivity (Wildman–Crippen MR) is 81.2 cm³/mol. The van der Waals surface area contributed by atoms with E-state index in [1.807, 2.05) is 4.90 Å². The van der Waals surface area contributed by atoms with Crippen LogP contribution in [0.5, 0.6) is 0 Å². The Hall–Kier alpha value is -1.95. The maximum Gasteiger partial charge on any atom is 0.275 e. The van der Waals surface area contributed by atoms with Crippen molar-refractivity contribution in [3.63, 3.8) is 0 Å². The number of hydrogen-bond donors (Lipinski definition) is 1. The van der Waals surface area contributed by atoms with E-state index in [0.717, 1.165) is 39.0 Å². The summed E-state index contributed by atoms with van der Waals surface area (Å²) in [5.41, 5.74) is 0.982. The standard InChI is InChI=1S/C16H19FN4O/c17-11-4-5-13-14(9-11)18-19-15(13)16(22)21-8-7-20-6-2-1-3-12(21)10-20/h4-5,9,12H,1-3,6-8,10H2,(H,18,19)/t12-/m0/s1. The van der Waals surface area contributed by atoms with Crippen LogP contribution in [0.4, 0.5) is 4.39 Å². The van der Waals surface area contributed by atoms with Gasteiger partial charge in [0.25, 0.3) is 5.91 Å². The summed E-state index contributed by atoms with van der Waals surface area (Å²) in [4.78, 5) is 17.3. The molecule has 2 aliphatic rings. The van der Waals surface area contributed by atoms with Gasteiger partial charge in [-0.2, -0.15) is 5.10 Å². The molecule has 5 nitrogen and oxygen atoms in total. The van der Waals surface area contributed by atoms with E-state index in [4.69, 9.17) is 0 Å². The minimum absolute atomic E-state index is 0.0376. The number of amides is 1. The lowest BCUT2D eigenvalue weighted by atomic mass is 10.1. The molecule has 1 unspecified atom stereocenters. The monoisotopic (exact) mass is 302 g/mol. The summed E-state index contributed by atoms with van der Waals surface area (Å²) in [5, 5.41) is 7.61. The fraction of sp³-hybridized carbons (Fsp3) is 0.500. The SMILES string of the molecule is O=C(c1n[nH]c2cc(F)ccc12)N1CCN2CCCC[C@H]1C2. The van der Waals surface area contributed by atoms with Gasteiger partial charge >= 0.3 is 0 Å². The van der Waals surface area contributed by atoms with Gasteiger partial charge in [0.2, 0.25) is 0 Å². The van der Waals surface area contributed by atoms with Crippen molar-refractivity contribution in [2.45, 2.75) is 25.3 Å². The molecule has 2 aromatic rings. The highest BCUT2D eigenvalue weighted by Crippen LogP contribution is 2.24. The van der Waals surface area contributed by atoms with Crippen LogP contribution in [0.2, 0.25) is 0 Å². The fourth-order valence-electron chi connectivity index (χ4n) is 3.64. The number of carbonyl (C=O) groups excluding carboxylic acids is 1. The van der Waals surface area contributed by atoms with Gasteiger partial charge in [0.05, 0.1) is 5.52 Å². The molecule has 1 aromatic heterocycles. The topological polar surface area (TPSA) is 52.2 Å². The zero-order chi connectivity index (χ0) is 15.1. The molecule has 2 fully saturated rings. The molecule has 1 aromatic carbocycles. The van der Waals surface area contributed by atoms with E-state index in [2.05, 4.69) is 15.1 Å². The summed E-state index contributed by atoms with van der Waals surface area (Å²) in [6.07, 6.45) is 3.43. The number of hydrogen-bond acceptors (Lipinski definition) is 3. The lowest BCUT2D eigenvalue weighted by molar-refractivity contribution is 0.0480. The molecule has 4 rings (SSSR count). The molecule has 1 amide bonds. The van der Waals surface area contributed by atoms with Crippen LogP contribution >= 0.6 is 0 Å². The Labute approximate surface area is 128 Å². The van der Waals surface area contributed by atoms with Crippen molar-refractivity contribution in [1.29, 1.82) is 0 Å². The fourth-order valence-corrected chi connectivity index (χ4v) is 3.64. The third-order valence-corrected chi connectivity index (χ3v) is 4.82. The van der Waals surface area contributed by atoms with Gasteiger partial charge in [0, 0.05) is 31.1 Å². The maximum absolute atomic E-state index is 13.3. The second kappa shape index (κ2) is 5.35. The van der Waals surface area contributed by atoms with Gasteiger partial charge in [-0.15, -0.1) is 0 Å². The Bertz CT molecular complexity index is 713. The number of H-pyrrole nitrogens is 1. The van der Waals surface area contributed by atoms with Crippen molar-refractivity contribution in [2.24, 2.45) is 0 Å². The highest BCUT2D eigenvalue weighted by atomic mass is 19.1. The summed E-state index contributed by atoms with van der Waals surface area (Å²) in [5.74, 6) is -0.364. The van der Waals surface area contributed by atoms with Gasteiger partial charge in [-0.05, 0) is 37.6 Å². The van der Waals surface area contributed by atoms with Crippen LogP contribution in [0, 0.1) is 5.82 Å². The third kappa shape index (κ3) is 2.27. The minimum Gasteiger partial charge on any atom is -0.332 e. The van der Waals surface area contributed by atoms with Crippen LogP contribution in [0.15, 0.2) is 18.2 Å². The van der Waals surface area contributed by atoms with Crippen LogP contribution in [0.3, 0.4) is 0 Å². The number of halogens is 1. The van der Waals surface area contributed by atoms with E-state index >= 15 is 0 Å². The Balaban J connectivity index is 1.65. The van der Waals surface area contributed by atoms with Crippen molar-refractivity contribution >= 4 is 16.8 Å². The van der Waals surface area contributed by atoms with Gasteiger partial charge in [0.1, 0.15) is 5.82 Å². The molecule has 0 saturated carbocycles. The van der Waals surface area contributed by atoms with Crippen molar-refractivity contribution in [1.82, 2.24) is 20.0 Å². The summed E-state index contributed by atoms with van der Waals surface area (Å²) in [6.45, 7) is 3.78. The average molecular weight is 302 g/mol. The Morgan fingerprint density at radius 1 is 1.27 bits per heavy atom. The minimum atomic E-state index is -0.326. The number of aromatic nitrogens is 2. The van der Waals surface area contributed by atoms with Gasteiger partial charge in [0.15, 0.2) is 5.69 Å². The molecular formula is C16H19FN4O. The lowest BCUT2D eigenvalue weighted by Crippen LogP contribution is -2.54. The molecule has 3 heterocycles. The first-order valence-electron chi connectivity index (χ1n) is 7.89. The number of rotatable bonds is 1. The molecule has 116 valence electrons. The Kier molecular flexibility index (Phi) is 3.33. The average Bonchev–Trinajstić information content (AvgIpc) is 2.84. The molecule has 2 saturated heterocycles. The quantitative estimate of drug-likeness (QED) is 0.877. The number of aromatic amines is 1. The molecule has 0 aliphatic carbocycles. The highest BCUT2D eigenvalue weighted by molar-refractivity contribution is 6.04. The van der Waals surface area contributed by atoms with E-state index < -0.39 is 0 Å². The first-order valence-corrected chi connectivity index (χ1v) is 7.89. The molecule has 2 aliphatic heterocycles. The molecule has 1 N–H and O–H groups in total. The summed E-state index contributed by atoms with van der Waals surface area (Å²) in [6, 6.07) is 4.65. The smallest absolute Gasteiger partial charge is 0.275 e. The molecule has 6 heteroatoms. The van der Waals surface area contributed by atoms with Crippen molar-refractivity contribution < 1.29 is 9.18 Å². The second-order valence-corrected chi connectivity index (χ2v) is 6.21. The van der Waals surface area contributed by atoms with E-state index in [-0.39, 0.29) is 17.8 Å². The summed E-state index contributed by atoms with van der Waals surface area (Å²) in [7, 11) is 0. The molecule has 0 spiro atoms. The zero-order valence-electron chi connectivity index (χ0n) is 12.4. The molecule has 22 heavy (non-hydrogen) atoms. The van der Waals surface area contributed by atoms with Gasteiger partial charge in [-0.25, -0.2) is 4.39 Å². The Morgan fingerprint density at radius 3 is 3.09 bits per heavy atom. The summed E-state index contributed by atoms with van der Waals surface area (Å²) >= 11 is 0. The van der Waals surface area contributed by atoms with E-state index in [1.165, 1.54) is 18.6 Å². The van der Waals surface area contributed by atoms with E-state index in [1.54, 1.807) is 6.07 Å². The number of nitrogens with one attached hydrogen (secondary N) is 1. The lowest BCUT2D eigenvalue weighted by Gasteiger charge is -2.39. The molecule has 2 bridgehead atoms. The molecular weight excluding hydrogens is 283 g/mol. The predicted octanol–water partition coefficient (Wildman–Crippen LogP) is 2.01. The first-order chi connectivity index (χ1) is 10.7. The largest absolute Gasteiger partial charge is 0.332 e. The normalized spacial score (nSPS) is 25.2. The highest BCUT2D eigenvalue weighted by Gasteiger charge is 2.33. The van der Waals surface area contributed by atoms with Crippen LogP contribution in [-0.2, 0) is 0 Å². The zero-order valence-corrected chi connectivity index (χ0v) is 12.4.